The normalized spacial score (nSPS) is 19.6. The lowest BCUT2D eigenvalue weighted by Crippen LogP contribution is -2.37. The van der Waals surface area contributed by atoms with Gasteiger partial charge >= 0.3 is 5.97 Å². The lowest BCUT2D eigenvalue weighted by atomic mass is 10.1. The first-order valence-electron chi connectivity index (χ1n) is 2.99. The zero-order valence-corrected chi connectivity index (χ0v) is 7.41. The first kappa shape index (κ1) is 10.0. The molecule has 0 aliphatic rings. The summed E-state index contributed by atoms with van der Waals surface area (Å²) in [5, 5.41) is 8.00. The van der Waals surface area contributed by atoms with Crippen molar-refractivity contribution in [2.75, 3.05) is 0 Å². The van der Waals surface area contributed by atoms with Crippen molar-refractivity contribution >= 4 is 29.2 Å². The van der Waals surface area contributed by atoms with Crippen LogP contribution in [0.15, 0.2) is 0 Å². The van der Waals surface area contributed by atoms with E-state index < -0.39 is 16.2 Å². The van der Waals surface area contributed by atoms with Crippen molar-refractivity contribution in [1.82, 2.24) is 0 Å². The van der Waals surface area contributed by atoms with Crippen LogP contribution in [0.3, 0.4) is 0 Å². The monoisotopic (exact) mass is 184 g/mol. The predicted molar refractivity (Wildman–Crippen MR) is 41.8 cm³/mol. The Kier molecular flexibility index (Phi) is 3.46. The molecule has 0 saturated heterocycles. The molecule has 0 rings (SSSR count). The van der Waals surface area contributed by atoms with Crippen LogP contribution in [0, 0.1) is 0 Å². The van der Waals surface area contributed by atoms with E-state index in [1.54, 1.807) is 6.92 Å². The molecular formula is C6H10Cl2O2. The van der Waals surface area contributed by atoms with E-state index in [-0.39, 0.29) is 0 Å². The lowest BCUT2D eigenvalue weighted by molar-refractivity contribution is -0.139. The third-order valence-electron chi connectivity index (χ3n) is 1.36. The number of halogens is 2. The summed E-state index contributed by atoms with van der Waals surface area (Å²) < 4.78 is 0. The molecule has 2 atom stereocenters. The van der Waals surface area contributed by atoms with Crippen LogP contribution in [0.5, 0.6) is 0 Å². The minimum absolute atomic E-state index is 0.522. The molecule has 0 spiro atoms. The number of aliphatic carboxylic acids is 1. The fourth-order valence-corrected chi connectivity index (χ4v) is 0.765. The standard InChI is InChI=1S/C6H10Cl2O2/c1-3-4(7)6(2,8)5(9)10/h4H,3H2,1-2H3,(H,9,10). The second-order valence-corrected chi connectivity index (χ2v) is 3.57. The molecule has 0 aliphatic carbocycles. The Labute approximate surface area is 70.1 Å². The Balaban J connectivity index is 4.23. The van der Waals surface area contributed by atoms with E-state index in [0.29, 0.717) is 6.42 Å². The summed E-state index contributed by atoms with van der Waals surface area (Å²) in [6.45, 7) is 3.19. The van der Waals surface area contributed by atoms with Crippen LogP contribution >= 0.6 is 23.2 Å². The highest BCUT2D eigenvalue weighted by atomic mass is 35.5. The van der Waals surface area contributed by atoms with E-state index >= 15 is 0 Å². The van der Waals surface area contributed by atoms with Crippen molar-refractivity contribution in [3.8, 4) is 0 Å². The first-order valence-corrected chi connectivity index (χ1v) is 3.80. The largest absolute Gasteiger partial charge is 0.480 e. The predicted octanol–water partition coefficient (Wildman–Crippen LogP) is 2.09. The topological polar surface area (TPSA) is 37.3 Å². The van der Waals surface area contributed by atoms with Crippen LogP contribution in [0.1, 0.15) is 20.3 Å². The molecule has 0 heterocycles. The van der Waals surface area contributed by atoms with E-state index in [4.69, 9.17) is 28.3 Å². The van der Waals surface area contributed by atoms with Crippen molar-refractivity contribution in [2.45, 2.75) is 30.5 Å². The zero-order valence-electron chi connectivity index (χ0n) is 5.90. The maximum atomic E-state index is 10.4. The summed E-state index contributed by atoms with van der Waals surface area (Å²) in [7, 11) is 0. The van der Waals surface area contributed by atoms with E-state index in [9.17, 15) is 4.79 Å². The van der Waals surface area contributed by atoms with E-state index in [0.717, 1.165) is 0 Å². The Bertz CT molecular complexity index is 134. The quantitative estimate of drug-likeness (QED) is 0.683. The summed E-state index contributed by atoms with van der Waals surface area (Å²) >= 11 is 11.2. The van der Waals surface area contributed by atoms with E-state index in [1.165, 1.54) is 6.92 Å². The van der Waals surface area contributed by atoms with Crippen molar-refractivity contribution in [1.29, 1.82) is 0 Å². The number of rotatable bonds is 3. The molecule has 0 bridgehead atoms. The van der Waals surface area contributed by atoms with Crippen molar-refractivity contribution < 1.29 is 9.90 Å². The molecule has 0 fully saturated rings. The fourth-order valence-electron chi connectivity index (χ4n) is 0.517. The van der Waals surface area contributed by atoms with Gasteiger partial charge < -0.3 is 5.11 Å². The Hall–Kier alpha value is 0.0500. The third-order valence-corrected chi connectivity index (χ3v) is 2.65. The molecule has 0 aromatic heterocycles. The highest BCUT2D eigenvalue weighted by Crippen LogP contribution is 2.26. The minimum atomic E-state index is -1.34. The number of hydrogen-bond donors (Lipinski definition) is 1. The highest BCUT2D eigenvalue weighted by molar-refractivity contribution is 6.39. The number of carboxylic acids is 1. The van der Waals surface area contributed by atoms with Crippen molar-refractivity contribution in [3.05, 3.63) is 0 Å². The molecule has 0 aromatic carbocycles. The molecule has 0 amide bonds. The number of carboxylic acid groups (broad SMARTS) is 1. The average Bonchev–Trinajstić information content (AvgIpc) is 1.86. The van der Waals surface area contributed by atoms with Gasteiger partial charge in [0.1, 0.15) is 0 Å². The summed E-state index contributed by atoms with van der Waals surface area (Å²) in [4.78, 5) is 9.07. The van der Waals surface area contributed by atoms with Crippen LogP contribution in [0.2, 0.25) is 0 Å². The Morgan fingerprint density at radius 1 is 1.80 bits per heavy atom. The van der Waals surface area contributed by atoms with Gasteiger partial charge in [-0.2, -0.15) is 0 Å². The van der Waals surface area contributed by atoms with Crippen molar-refractivity contribution in [3.63, 3.8) is 0 Å². The smallest absolute Gasteiger partial charge is 0.326 e. The van der Waals surface area contributed by atoms with Gasteiger partial charge in [0.2, 0.25) is 0 Å². The van der Waals surface area contributed by atoms with Gasteiger partial charge in [-0.1, -0.05) is 6.92 Å². The number of hydrogen-bond acceptors (Lipinski definition) is 1. The fraction of sp³-hybridized carbons (Fsp3) is 0.833. The minimum Gasteiger partial charge on any atom is -0.480 e. The maximum absolute atomic E-state index is 10.4. The highest BCUT2D eigenvalue weighted by Gasteiger charge is 2.37. The Morgan fingerprint density at radius 2 is 2.20 bits per heavy atom. The lowest BCUT2D eigenvalue weighted by Gasteiger charge is -2.20. The van der Waals surface area contributed by atoms with Gasteiger partial charge in [-0.05, 0) is 13.3 Å². The van der Waals surface area contributed by atoms with Gasteiger partial charge in [-0.25, -0.2) is 0 Å². The molecule has 0 aliphatic heterocycles. The molecule has 4 heteroatoms. The van der Waals surface area contributed by atoms with E-state index in [1.807, 2.05) is 0 Å². The second kappa shape index (κ2) is 3.44. The molecule has 0 saturated carbocycles. The molecule has 0 radical (unpaired) electrons. The molecule has 2 nitrogen and oxygen atoms in total. The van der Waals surface area contributed by atoms with Crippen LogP contribution in [-0.4, -0.2) is 21.3 Å². The molecular weight excluding hydrogens is 175 g/mol. The van der Waals surface area contributed by atoms with Gasteiger partial charge in [-0.3, -0.25) is 4.79 Å². The van der Waals surface area contributed by atoms with Crippen LogP contribution in [-0.2, 0) is 4.79 Å². The summed E-state index contributed by atoms with van der Waals surface area (Å²) in [6, 6.07) is 0. The Morgan fingerprint density at radius 3 is 2.30 bits per heavy atom. The maximum Gasteiger partial charge on any atom is 0.326 e. The van der Waals surface area contributed by atoms with E-state index in [2.05, 4.69) is 0 Å². The van der Waals surface area contributed by atoms with Gasteiger partial charge in [0.25, 0.3) is 0 Å². The zero-order chi connectivity index (χ0) is 8.36. The number of alkyl halides is 2. The summed E-state index contributed by atoms with van der Waals surface area (Å²) in [5.74, 6) is -1.07. The van der Waals surface area contributed by atoms with Crippen LogP contribution < -0.4 is 0 Å². The molecule has 60 valence electrons. The SMILES string of the molecule is CCC(Cl)C(C)(Cl)C(=O)O. The number of carbonyl (C=O) groups is 1. The van der Waals surface area contributed by atoms with Gasteiger partial charge in [0, 0.05) is 0 Å². The molecule has 10 heavy (non-hydrogen) atoms. The summed E-state index contributed by atoms with van der Waals surface area (Å²) in [5.41, 5.74) is 0. The van der Waals surface area contributed by atoms with Crippen LogP contribution in [0.25, 0.3) is 0 Å². The summed E-state index contributed by atoms with van der Waals surface area (Å²) in [6.07, 6.45) is 0.549. The van der Waals surface area contributed by atoms with Crippen LogP contribution in [0.4, 0.5) is 0 Å². The molecule has 1 N–H and O–H groups in total. The van der Waals surface area contributed by atoms with Gasteiger partial charge in [0.05, 0.1) is 5.38 Å². The van der Waals surface area contributed by atoms with Gasteiger partial charge in [-0.15, -0.1) is 23.2 Å². The average molecular weight is 185 g/mol. The molecule has 2 unspecified atom stereocenters. The molecule has 0 aromatic rings. The van der Waals surface area contributed by atoms with Crippen molar-refractivity contribution in [2.24, 2.45) is 0 Å². The third kappa shape index (κ3) is 2.03. The second-order valence-electron chi connectivity index (χ2n) is 2.26. The van der Waals surface area contributed by atoms with Gasteiger partial charge in [0.15, 0.2) is 4.87 Å². The first-order chi connectivity index (χ1) is 4.42.